The summed E-state index contributed by atoms with van der Waals surface area (Å²) in [5, 5.41) is 9.31. The van der Waals surface area contributed by atoms with Gasteiger partial charge in [-0.2, -0.15) is 0 Å². The van der Waals surface area contributed by atoms with E-state index in [0.717, 1.165) is 38.6 Å². The van der Waals surface area contributed by atoms with Crippen LogP contribution in [0.5, 0.6) is 0 Å². The average molecular weight is 305 g/mol. The second-order valence-corrected chi connectivity index (χ2v) is 8.29. The fourth-order valence-corrected chi connectivity index (χ4v) is 4.98. The highest BCUT2D eigenvalue weighted by Gasteiger charge is 2.44. The van der Waals surface area contributed by atoms with E-state index in [1.165, 1.54) is 0 Å². The number of carboxylic acid groups (broad SMARTS) is 1. The largest absolute Gasteiger partial charge is 0.480 e. The van der Waals surface area contributed by atoms with E-state index in [1.807, 2.05) is 11.9 Å². The van der Waals surface area contributed by atoms with Gasteiger partial charge in [0.25, 0.3) is 0 Å². The second-order valence-electron chi connectivity index (χ2n) is 6.60. The zero-order valence-electron chi connectivity index (χ0n) is 11.9. The van der Waals surface area contributed by atoms with Crippen LogP contribution in [0.3, 0.4) is 0 Å². The summed E-state index contributed by atoms with van der Waals surface area (Å²) in [7, 11) is -2.14. The van der Waals surface area contributed by atoms with Crippen molar-refractivity contribution in [1.82, 2.24) is 4.90 Å². The van der Waals surface area contributed by atoms with Crippen molar-refractivity contribution in [3.05, 3.63) is 0 Å². The Labute approximate surface area is 119 Å². The third kappa shape index (κ3) is 3.82. The van der Waals surface area contributed by atoms with Crippen LogP contribution in [0.1, 0.15) is 38.5 Å². The van der Waals surface area contributed by atoms with Crippen molar-refractivity contribution in [1.29, 1.82) is 0 Å². The molecule has 3 N–H and O–H groups in total. The maximum atomic E-state index is 11.3. The van der Waals surface area contributed by atoms with Gasteiger partial charge in [0.2, 0.25) is 0 Å². The first-order valence-corrected chi connectivity index (χ1v) is 8.98. The van der Waals surface area contributed by atoms with E-state index in [9.17, 15) is 14.5 Å². The van der Waals surface area contributed by atoms with Crippen molar-refractivity contribution < 1.29 is 24.3 Å². The Bertz CT molecular complexity index is 423. The van der Waals surface area contributed by atoms with Crippen LogP contribution in [0, 0.1) is 11.3 Å². The summed E-state index contributed by atoms with van der Waals surface area (Å²) in [6, 6.07) is -0.461. The highest BCUT2D eigenvalue weighted by atomic mass is 31.2. The standard InChI is InChI=1S/C13H24NO5P/c1-14-6-5-13(8-11(14)12(15)16)4-2-3-10(7-13)9-20(17,18)19/h10-11H,2-9H2,1H3,(H,15,16)(H2,17,18,19). The van der Waals surface area contributed by atoms with Crippen LogP contribution >= 0.6 is 7.60 Å². The molecule has 20 heavy (non-hydrogen) atoms. The van der Waals surface area contributed by atoms with E-state index in [1.54, 1.807) is 0 Å². The lowest BCUT2D eigenvalue weighted by Crippen LogP contribution is -2.50. The van der Waals surface area contributed by atoms with Gasteiger partial charge >= 0.3 is 13.6 Å². The molecule has 0 aromatic carbocycles. The summed E-state index contributed by atoms with van der Waals surface area (Å²) in [6.07, 6.45) is 5.03. The van der Waals surface area contributed by atoms with Crippen molar-refractivity contribution in [2.45, 2.75) is 44.6 Å². The molecule has 0 amide bonds. The Morgan fingerprint density at radius 3 is 2.65 bits per heavy atom. The van der Waals surface area contributed by atoms with Gasteiger partial charge in [0.1, 0.15) is 6.04 Å². The maximum Gasteiger partial charge on any atom is 0.325 e. The number of carbonyl (C=O) groups is 1. The lowest BCUT2D eigenvalue weighted by atomic mass is 9.63. The van der Waals surface area contributed by atoms with E-state index in [4.69, 9.17) is 9.79 Å². The molecule has 1 saturated heterocycles. The van der Waals surface area contributed by atoms with Crippen LogP contribution in [-0.4, -0.2) is 51.6 Å². The SMILES string of the molecule is CN1CCC2(CCCC(CP(=O)(O)O)C2)CC1C(=O)O. The number of likely N-dealkylation sites (tertiary alicyclic amines) is 1. The minimum absolute atomic E-state index is 0.0300. The average Bonchev–Trinajstić information content (AvgIpc) is 2.30. The molecule has 0 aromatic heterocycles. The molecule has 0 bridgehead atoms. The summed E-state index contributed by atoms with van der Waals surface area (Å²) < 4.78 is 11.2. The predicted octanol–water partition coefficient (Wildman–Crippen LogP) is 1.52. The Balaban J connectivity index is 2.06. The van der Waals surface area contributed by atoms with Crippen molar-refractivity contribution in [3.8, 4) is 0 Å². The lowest BCUT2D eigenvalue weighted by Gasteiger charge is -2.48. The predicted molar refractivity (Wildman–Crippen MR) is 74.6 cm³/mol. The van der Waals surface area contributed by atoms with Crippen molar-refractivity contribution in [2.24, 2.45) is 11.3 Å². The first-order chi connectivity index (χ1) is 9.21. The van der Waals surface area contributed by atoms with Gasteiger partial charge in [-0.25, -0.2) is 0 Å². The highest BCUT2D eigenvalue weighted by Crippen LogP contribution is 2.51. The number of likely N-dealkylation sites (N-methyl/N-ethyl adjacent to an activating group) is 1. The smallest absolute Gasteiger partial charge is 0.325 e. The summed E-state index contributed by atoms with van der Waals surface area (Å²) in [4.78, 5) is 31.5. The molecule has 6 nitrogen and oxygen atoms in total. The van der Waals surface area contributed by atoms with Crippen LogP contribution in [0.4, 0.5) is 0 Å². The van der Waals surface area contributed by atoms with Gasteiger partial charge in [0.05, 0.1) is 6.16 Å². The van der Waals surface area contributed by atoms with Gasteiger partial charge in [-0.1, -0.05) is 6.42 Å². The van der Waals surface area contributed by atoms with Crippen LogP contribution < -0.4 is 0 Å². The zero-order valence-corrected chi connectivity index (χ0v) is 12.8. The maximum absolute atomic E-state index is 11.3. The molecule has 1 aliphatic heterocycles. The van der Waals surface area contributed by atoms with Crippen LogP contribution in [0.25, 0.3) is 0 Å². The quantitative estimate of drug-likeness (QED) is 0.684. The number of aliphatic carboxylic acids is 1. The Morgan fingerprint density at radius 1 is 1.35 bits per heavy atom. The molecule has 2 rings (SSSR count). The molecular weight excluding hydrogens is 281 g/mol. The number of piperidine rings is 1. The Hall–Kier alpha value is -0.420. The van der Waals surface area contributed by atoms with Gasteiger partial charge < -0.3 is 14.9 Å². The number of rotatable bonds is 3. The van der Waals surface area contributed by atoms with E-state index >= 15 is 0 Å². The topological polar surface area (TPSA) is 98.1 Å². The fraction of sp³-hybridized carbons (Fsp3) is 0.923. The van der Waals surface area contributed by atoms with E-state index in [-0.39, 0.29) is 17.5 Å². The van der Waals surface area contributed by atoms with Crippen LogP contribution in [0.15, 0.2) is 0 Å². The number of hydrogen-bond acceptors (Lipinski definition) is 3. The normalized spacial score (nSPS) is 36.1. The van der Waals surface area contributed by atoms with Crippen molar-refractivity contribution in [2.75, 3.05) is 19.8 Å². The second kappa shape index (κ2) is 5.76. The van der Waals surface area contributed by atoms with Crippen LogP contribution in [0.2, 0.25) is 0 Å². The molecule has 3 unspecified atom stereocenters. The Kier molecular flexibility index (Phi) is 4.59. The highest BCUT2D eigenvalue weighted by molar-refractivity contribution is 7.51. The molecule has 0 radical (unpaired) electrons. The van der Waals surface area contributed by atoms with Gasteiger partial charge in [0, 0.05) is 0 Å². The van der Waals surface area contributed by atoms with Gasteiger partial charge in [0.15, 0.2) is 0 Å². The molecular formula is C13H24NO5P. The van der Waals surface area contributed by atoms with Crippen molar-refractivity contribution in [3.63, 3.8) is 0 Å². The minimum Gasteiger partial charge on any atom is -0.480 e. The number of carboxylic acids is 1. The molecule has 3 atom stereocenters. The van der Waals surface area contributed by atoms with E-state index in [0.29, 0.717) is 6.42 Å². The first kappa shape index (κ1) is 16.0. The zero-order chi connectivity index (χ0) is 15.0. The molecule has 1 heterocycles. The van der Waals surface area contributed by atoms with Crippen molar-refractivity contribution >= 4 is 13.6 Å². The van der Waals surface area contributed by atoms with E-state index in [2.05, 4.69) is 0 Å². The summed E-state index contributed by atoms with van der Waals surface area (Å²) >= 11 is 0. The van der Waals surface area contributed by atoms with Gasteiger partial charge in [-0.3, -0.25) is 14.3 Å². The molecule has 116 valence electrons. The molecule has 0 aromatic rings. The van der Waals surface area contributed by atoms with Crippen LogP contribution in [-0.2, 0) is 9.36 Å². The molecule has 2 aliphatic rings. The number of hydrogen-bond donors (Lipinski definition) is 3. The lowest BCUT2D eigenvalue weighted by molar-refractivity contribution is -0.147. The third-order valence-electron chi connectivity index (χ3n) is 4.98. The van der Waals surface area contributed by atoms with E-state index < -0.39 is 19.6 Å². The Morgan fingerprint density at radius 2 is 2.05 bits per heavy atom. The molecule has 1 saturated carbocycles. The molecule has 1 spiro atoms. The summed E-state index contributed by atoms with van der Waals surface area (Å²) in [6.45, 7) is 0.750. The molecule has 7 heteroatoms. The monoisotopic (exact) mass is 305 g/mol. The van der Waals surface area contributed by atoms with Gasteiger partial charge in [-0.15, -0.1) is 0 Å². The first-order valence-electron chi connectivity index (χ1n) is 7.18. The third-order valence-corrected chi connectivity index (χ3v) is 5.97. The summed E-state index contributed by atoms with van der Waals surface area (Å²) in [5.41, 5.74) is -0.0341. The molecule has 1 aliphatic carbocycles. The molecule has 2 fully saturated rings. The summed E-state index contributed by atoms with van der Waals surface area (Å²) in [5.74, 6) is -0.758. The minimum atomic E-state index is -3.98. The van der Waals surface area contributed by atoms with Gasteiger partial charge in [-0.05, 0) is 57.0 Å². The number of nitrogens with zero attached hydrogens (tertiary/aromatic N) is 1. The fourth-order valence-electron chi connectivity index (χ4n) is 4.00.